The average Bonchev–Trinajstić information content (AvgIpc) is 2.49. The quantitative estimate of drug-likeness (QED) is 0.875. The molecule has 0 unspecified atom stereocenters. The fraction of sp³-hybridized carbons (Fsp3) is 0.188. The predicted octanol–water partition coefficient (Wildman–Crippen LogP) is 4.57. The Hall–Kier alpha value is -1.71. The van der Waals surface area contributed by atoms with Gasteiger partial charge in [0.15, 0.2) is 0 Å². The van der Waals surface area contributed by atoms with Gasteiger partial charge < -0.3 is 10.1 Å². The molecule has 0 heterocycles. The Kier molecular flexibility index (Phi) is 5.48. The summed E-state index contributed by atoms with van der Waals surface area (Å²) >= 11 is 11.7. The van der Waals surface area contributed by atoms with Gasteiger partial charge >= 0.3 is 0 Å². The van der Waals surface area contributed by atoms with Crippen molar-refractivity contribution in [3.05, 3.63) is 58.1 Å². The highest BCUT2D eigenvalue weighted by Crippen LogP contribution is 2.25. The third-order valence-electron chi connectivity index (χ3n) is 3.02. The molecule has 0 aliphatic carbocycles. The molecule has 3 nitrogen and oxygen atoms in total. The zero-order chi connectivity index (χ0) is 15.2. The summed E-state index contributed by atoms with van der Waals surface area (Å²) in [5, 5.41) is 3.67. The Morgan fingerprint density at radius 3 is 2.62 bits per heavy atom. The Balaban J connectivity index is 1.94. The number of methoxy groups -OCH3 is 1. The topological polar surface area (TPSA) is 38.3 Å². The van der Waals surface area contributed by atoms with Gasteiger partial charge in [-0.25, -0.2) is 0 Å². The van der Waals surface area contributed by atoms with Crippen LogP contribution in [0.3, 0.4) is 0 Å². The van der Waals surface area contributed by atoms with Gasteiger partial charge in [-0.1, -0.05) is 41.4 Å². The van der Waals surface area contributed by atoms with E-state index in [9.17, 15) is 4.79 Å². The van der Waals surface area contributed by atoms with Gasteiger partial charge in [-0.3, -0.25) is 4.79 Å². The molecular weight excluding hydrogens is 309 g/mol. The molecule has 21 heavy (non-hydrogen) atoms. The maximum atomic E-state index is 12.0. The molecular formula is C16H15Cl2NO2. The van der Waals surface area contributed by atoms with Crippen LogP contribution in [0.5, 0.6) is 5.75 Å². The van der Waals surface area contributed by atoms with Gasteiger partial charge in [-0.2, -0.15) is 0 Å². The van der Waals surface area contributed by atoms with Gasteiger partial charge in [0.25, 0.3) is 0 Å². The van der Waals surface area contributed by atoms with E-state index < -0.39 is 0 Å². The minimum atomic E-state index is -0.0840. The number of carbonyl (C=O) groups excluding carboxylic acids is 1. The van der Waals surface area contributed by atoms with Gasteiger partial charge in [-0.05, 0) is 36.2 Å². The van der Waals surface area contributed by atoms with Crippen molar-refractivity contribution >= 4 is 34.8 Å². The molecule has 0 fully saturated rings. The minimum Gasteiger partial charge on any atom is -0.496 e. The van der Waals surface area contributed by atoms with E-state index in [1.807, 2.05) is 24.3 Å². The minimum absolute atomic E-state index is 0.0840. The normalized spacial score (nSPS) is 10.2. The molecule has 0 saturated carbocycles. The molecule has 0 spiro atoms. The predicted molar refractivity (Wildman–Crippen MR) is 86.4 cm³/mol. The van der Waals surface area contributed by atoms with Crippen molar-refractivity contribution in [1.29, 1.82) is 0 Å². The van der Waals surface area contributed by atoms with E-state index in [0.29, 0.717) is 28.6 Å². The van der Waals surface area contributed by atoms with Crippen molar-refractivity contribution in [3.8, 4) is 5.75 Å². The maximum Gasteiger partial charge on any atom is 0.224 e. The van der Waals surface area contributed by atoms with Crippen LogP contribution in [-0.2, 0) is 11.2 Å². The molecule has 1 N–H and O–H groups in total. The van der Waals surface area contributed by atoms with Crippen LogP contribution in [0, 0.1) is 0 Å². The maximum absolute atomic E-state index is 12.0. The van der Waals surface area contributed by atoms with Gasteiger partial charge in [0.1, 0.15) is 5.75 Å². The number of anilines is 1. The van der Waals surface area contributed by atoms with Crippen LogP contribution in [0.15, 0.2) is 42.5 Å². The Morgan fingerprint density at radius 2 is 1.90 bits per heavy atom. The van der Waals surface area contributed by atoms with Crippen LogP contribution >= 0.6 is 23.2 Å². The summed E-state index contributed by atoms with van der Waals surface area (Å²) in [7, 11) is 1.62. The number of hydrogen-bond acceptors (Lipinski definition) is 2. The number of benzene rings is 2. The second-order valence-corrected chi connectivity index (χ2v) is 5.30. The number of nitrogens with one attached hydrogen (secondary N) is 1. The van der Waals surface area contributed by atoms with E-state index >= 15 is 0 Å². The molecule has 0 saturated heterocycles. The zero-order valence-corrected chi connectivity index (χ0v) is 13.0. The highest BCUT2D eigenvalue weighted by Gasteiger charge is 2.07. The summed E-state index contributed by atoms with van der Waals surface area (Å²) in [5.74, 6) is 0.708. The molecule has 0 aliphatic heterocycles. The number of hydrogen-bond donors (Lipinski definition) is 1. The third kappa shape index (κ3) is 4.38. The number of ether oxygens (including phenoxy) is 1. The van der Waals surface area contributed by atoms with Crippen molar-refractivity contribution < 1.29 is 9.53 Å². The molecule has 1 amide bonds. The number of amides is 1. The lowest BCUT2D eigenvalue weighted by atomic mass is 10.1. The highest BCUT2D eigenvalue weighted by atomic mass is 35.5. The molecule has 0 radical (unpaired) electrons. The second kappa shape index (κ2) is 7.34. The first kappa shape index (κ1) is 15.7. The van der Waals surface area contributed by atoms with Crippen molar-refractivity contribution in [2.24, 2.45) is 0 Å². The summed E-state index contributed by atoms with van der Waals surface area (Å²) in [5.41, 5.74) is 1.64. The summed E-state index contributed by atoms with van der Waals surface area (Å²) in [6.45, 7) is 0. The molecule has 0 atom stereocenters. The number of rotatable bonds is 5. The van der Waals surface area contributed by atoms with E-state index in [1.165, 1.54) is 0 Å². The largest absolute Gasteiger partial charge is 0.496 e. The number of aryl methyl sites for hydroxylation is 1. The molecule has 2 rings (SSSR count). The molecule has 0 aromatic heterocycles. The number of halogens is 2. The average molecular weight is 324 g/mol. The summed E-state index contributed by atoms with van der Waals surface area (Å²) in [6, 6.07) is 12.7. The fourth-order valence-corrected chi connectivity index (χ4v) is 2.25. The van der Waals surface area contributed by atoms with E-state index in [2.05, 4.69) is 5.32 Å². The first-order chi connectivity index (χ1) is 10.1. The third-order valence-corrected chi connectivity index (χ3v) is 3.76. The van der Waals surface area contributed by atoms with Crippen LogP contribution < -0.4 is 10.1 Å². The Morgan fingerprint density at radius 1 is 1.14 bits per heavy atom. The highest BCUT2D eigenvalue weighted by molar-refractivity contribution is 6.42. The van der Waals surface area contributed by atoms with E-state index in [-0.39, 0.29) is 5.91 Å². The second-order valence-electron chi connectivity index (χ2n) is 4.49. The lowest BCUT2D eigenvalue weighted by Gasteiger charge is -2.09. The number of carbonyl (C=O) groups is 1. The molecule has 2 aromatic rings. The molecule has 0 bridgehead atoms. The van der Waals surface area contributed by atoms with Crippen molar-refractivity contribution in [2.45, 2.75) is 12.8 Å². The smallest absolute Gasteiger partial charge is 0.224 e. The van der Waals surface area contributed by atoms with E-state index in [0.717, 1.165) is 11.3 Å². The standard InChI is InChI=1S/C16H15Cl2NO2/c1-21-15-5-3-2-4-11(15)6-9-16(20)19-12-7-8-13(17)14(18)10-12/h2-5,7-8,10H,6,9H2,1H3,(H,19,20). The molecule has 110 valence electrons. The van der Waals surface area contributed by atoms with Gasteiger partial charge in [-0.15, -0.1) is 0 Å². The summed E-state index contributed by atoms with van der Waals surface area (Å²) in [4.78, 5) is 12.0. The Labute approximate surface area is 133 Å². The summed E-state index contributed by atoms with van der Waals surface area (Å²) < 4.78 is 5.26. The molecule has 0 aliphatic rings. The van der Waals surface area contributed by atoms with Crippen LogP contribution in [0.25, 0.3) is 0 Å². The Bertz CT molecular complexity index is 644. The van der Waals surface area contributed by atoms with Crippen LogP contribution in [0.1, 0.15) is 12.0 Å². The van der Waals surface area contributed by atoms with Crippen molar-refractivity contribution in [2.75, 3.05) is 12.4 Å². The van der Waals surface area contributed by atoms with Gasteiger partial charge in [0.2, 0.25) is 5.91 Å². The number of para-hydroxylation sites is 1. The van der Waals surface area contributed by atoms with Gasteiger partial charge in [0.05, 0.1) is 17.2 Å². The molecule has 2 aromatic carbocycles. The van der Waals surface area contributed by atoms with Crippen LogP contribution in [0.2, 0.25) is 10.0 Å². The van der Waals surface area contributed by atoms with Crippen LogP contribution in [0.4, 0.5) is 5.69 Å². The van der Waals surface area contributed by atoms with Gasteiger partial charge in [0, 0.05) is 12.1 Å². The summed E-state index contributed by atoms with van der Waals surface area (Å²) in [6.07, 6.45) is 0.970. The lowest BCUT2D eigenvalue weighted by molar-refractivity contribution is -0.116. The van der Waals surface area contributed by atoms with Crippen molar-refractivity contribution in [3.63, 3.8) is 0 Å². The van der Waals surface area contributed by atoms with Crippen molar-refractivity contribution in [1.82, 2.24) is 0 Å². The van der Waals surface area contributed by atoms with E-state index in [1.54, 1.807) is 25.3 Å². The molecule has 5 heteroatoms. The SMILES string of the molecule is COc1ccccc1CCC(=O)Nc1ccc(Cl)c(Cl)c1. The van der Waals surface area contributed by atoms with Crippen LogP contribution in [-0.4, -0.2) is 13.0 Å². The fourth-order valence-electron chi connectivity index (χ4n) is 1.96. The first-order valence-electron chi connectivity index (χ1n) is 6.47. The first-order valence-corrected chi connectivity index (χ1v) is 7.22. The lowest BCUT2D eigenvalue weighted by Crippen LogP contribution is -2.12. The zero-order valence-electron chi connectivity index (χ0n) is 11.5. The van der Waals surface area contributed by atoms with E-state index in [4.69, 9.17) is 27.9 Å². The monoisotopic (exact) mass is 323 g/mol.